The smallest absolute Gasteiger partial charge is 0.191 e. The first-order valence-corrected chi connectivity index (χ1v) is 8.27. The summed E-state index contributed by atoms with van der Waals surface area (Å²) < 4.78 is 0. The average Bonchev–Trinajstić information content (AvgIpc) is 2.39. The summed E-state index contributed by atoms with van der Waals surface area (Å²) in [6, 6.07) is 0. The van der Waals surface area contributed by atoms with E-state index in [-0.39, 0.29) is 24.0 Å². The van der Waals surface area contributed by atoms with Gasteiger partial charge in [0, 0.05) is 25.9 Å². The molecule has 19 heavy (non-hydrogen) atoms. The number of rotatable bonds is 6. The molecule has 0 atom stereocenters. The van der Waals surface area contributed by atoms with E-state index in [1.165, 1.54) is 32.4 Å². The molecule has 0 radical (unpaired) electrons. The minimum atomic E-state index is 0. The Morgan fingerprint density at radius 3 is 2.47 bits per heavy atom. The number of likely N-dealkylation sites (tertiary alicyclic amines) is 1. The molecule has 0 aliphatic carbocycles. The van der Waals surface area contributed by atoms with Gasteiger partial charge in [-0.15, -0.1) is 24.0 Å². The van der Waals surface area contributed by atoms with Crippen LogP contribution in [-0.2, 0) is 0 Å². The summed E-state index contributed by atoms with van der Waals surface area (Å²) in [6.45, 7) is 4.53. The molecule has 0 unspecified atom stereocenters. The lowest BCUT2D eigenvalue weighted by atomic mass is 9.94. The van der Waals surface area contributed by atoms with Crippen molar-refractivity contribution >= 4 is 41.7 Å². The predicted octanol–water partition coefficient (Wildman–Crippen LogP) is 1.86. The summed E-state index contributed by atoms with van der Waals surface area (Å²) in [6.07, 6.45) is 6.07. The quantitative estimate of drug-likeness (QED) is 0.309. The van der Waals surface area contributed by atoms with E-state index in [2.05, 4.69) is 33.8 Å². The van der Waals surface area contributed by atoms with Crippen LogP contribution in [0.15, 0.2) is 4.99 Å². The monoisotopic (exact) mass is 400 g/mol. The van der Waals surface area contributed by atoms with Crippen molar-refractivity contribution in [3.63, 3.8) is 0 Å². The van der Waals surface area contributed by atoms with Crippen molar-refractivity contribution in [1.82, 2.24) is 15.5 Å². The Bertz CT molecular complexity index is 243. The van der Waals surface area contributed by atoms with Crippen molar-refractivity contribution < 1.29 is 0 Å². The highest BCUT2D eigenvalue weighted by atomic mass is 127. The number of thioether (sulfide) groups is 1. The summed E-state index contributed by atoms with van der Waals surface area (Å²) in [5.74, 6) is 2.95. The van der Waals surface area contributed by atoms with Gasteiger partial charge in [0.15, 0.2) is 5.96 Å². The largest absolute Gasteiger partial charge is 0.356 e. The van der Waals surface area contributed by atoms with E-state index in [4.69, 9.17) is 0 Å². The Kier molecular flexibility index (Phi) is 12.3. The topological polar surface area (TPSA) is 39.7 Å². The van der Waals surface area contributed by atoms with E-state index in [0.29, 0.717) is 0 Å². The minimum Gasteiger partial charge on any atom is -0.356 e. The Hall–Kier alpha value is 0.310. The van der Waals surface area contributed by atoms with Crippen LogP contribution in [-0.4, -0.2) is 63.1 Å². The van der Waals surface area contributed by atoms with Crippen LogP contribution >= 0.6 is 35.7 Å². The van der Waals surface area contributed by atoms with Gasteiger partial charge in [0.25, 0.3) is 0 Å². The second-order valence-corrected chi connectivity index (χ2v) is 5.94. The molecular weight excluding hydrogens is 371 g/mol. The van der Waals surface area contributed by atoms with E-state index in [1.54, 1.807) is 0 Å². The highest BCUT2D eigenvalue weighted by Crippen LogP contribution is 2.18. The van der Waals surface area contributed by atoms with Gasteiger partial charge in [-0.25, -0.2) is 0 Å². The summed E-state index contributed by atoms with van der Waals surface area (Å²) in [4.78, 5) is 6.65. The number of halogens is 1. The molecule has 1 saturated heterocycles. The van der Waals surface area contributed by atoms with Crippen LogP contribution in [0.5, 0.6) is 0 Å². The van der Waals surface area contributed by atoms with Gasteiger partial charge in [-0.05, 0) is 51.6 Å². The first kappa shape index (κ1) is 19.3. The average molecular weight is 400 g/mol. The molecule has 4 nitrogen and oxygen atoms in total. The van der Waals surface area contributed by atoms with Crippen molar-refractivity contribution in [1.29, 1.82) is 0 Å². The van der Waals surface area contributed by atoms with Gasteiger partial charge in [0.1, 0.15) is 0 Å². The second kappa shape index (κ2) is 12.1. The lowest BCUT2D eigenvalue weighted by Crippen LogP contribution is -2.40. The van der Waals surface area contributed by atoms with E-state index < -0.39 is 0 Å². The summed E-state index contributed by atoms with van der Waals surface area (Å²) >= 11 is 1.85. The van der Waals surface area contributed by atoms with E-state index in [9.17, 15) is 0 Å². The standard InChI is InChI=1S/C13H28N4S.HI/c1-14-13(16-8-11-18-3)15-7-4-12-5-9-17(2)10-6-12;/h12H,4-11H2,1-3H3,(H2,14,15,16);1H. The van der Waals surface area contributed by atoms with Crippen LogP contribution in [0.3, 0.4) is 0 Å². The second-order valence-electron chi connectivity index (χ2n) is 4.95. The lowest BCUT2D eigenvalue weighted by Gasteiger charge is -2.29. The molecule has 0 bridgehead atoms. The molecule has 0 spiro atoms. The van der Waals surface area contributed by atoms with E-state index in [0.717, 1.165) is 30.7 Å². The van der Waals surface area contributed by atoms with Crippen LogP contribution < -0.4 is 10.6 Å². The Labute approximate surface area is 139 Å². The molecule has 1 rings (SSSR count). The molecule has 0 aromatic heterocycles. The SMILES string of the molecule is CN=C(NCCSC)NCCC1CCN(C)CC1.I. The lowest BCUT2D eigenvalue weighted by molar-refractivity contribution is 0.213. The Balaban J connectivity index is 0.00000324. The maximum Gasteiger partial charge on any atom is 0.191 e. The molecule has 1 aliphatic rings. The maximum absolute atomic E-state index is 4.23. The number of piperidine rings is 1. The van der Waals surface area contributed by atoms with Crippen molar-refractivity contribution in [2.45, 2.75) is 19.3 Å². The third kappa shape index (κ3) is 8.96. The van der Waals surface area contributed by atoms with Gasteiger partial charge in [0.05, 0.1) is 0 Å². The molecule has 1 fully saturated rings. The number of nitrogens with one attached hydrogen (secondary N) is 2. The molecule has 1 heterocycles. The fourth-order valence-electron chi connectivity index (χ4n) is 2.24. The highest BCUT2D eigenvalue weighted by molar-refractivity contribution is 14.0. The molecule has 1 aliphatic heterocycles. The van der Waals surface area contributed by atoms with E-state index in [1.807, 2.05) is 18.8 Å². The predicted molar refractivity (Wildman–Crippen MR) is 98.0 cm³/mol. The number of aliphatic imine (C=N–C) groups is 1. The van der Waals surface area contributed by atoms with Gasteiger partial charge in [-0.2, -0.15) is 11.8 Å². The molecule has 0 aromatic carbocycles. The first-order chi connectivity index (χ1) is 8.76. The summed E-state index contributed by atoms with van der Waals surface area (Å²) in [5, 5.41) is 6.73. The molecule has 114 valence electrons. The van der Waals surface area contributed by atoms with Crippen LogP contribution in [0, 0.1) is 5.92 Å². The fourth-order valence-corrected chi connectivity index (χ4v) is 2.54. The summed E-state index contributed by atoms with van der Waals surface area (Å²) in [7, 11) is 4.05. The molecule has 6 heteroatoms. The number of nitrogens with zero attached hydrogens (tertiary/aromatic N) is 2. The third-order valence-corrected chi connectivity index (χ3v) is 4.12. The molecular formula is C13H29IN4S. The van der Waals surface area contributed by atoms with Gasteiger partial charge >= 0.3 is 0 Å². The first-order valence-electron chi connectivity index (χ1n) is 6.88. The van der Waals surface area contributed by atoms with Crippen molar-refractivity contribution in [3.05, 3.63) is 0 Å². The number of guanidine groups is 1. The van der Waals surface area contributed by atoms with E-state index >= 15 is 0 Å². The van der Waals surface area contributed by atoms with Crippen molar-refractivity contribution in [2.75, 3.05) is 52.3 Å². The normalized spacial score (nSPS) is 17.9. The van der Waals surface area contributed by atoms with Crippen LogP contribution in [0.2, 0.25) is 0 Å². The number of hydrogen-bond donors (Lipinski definition) is 2. The maximum atomic E-state index is 4.23. The third-order valence-electron chi connectivity index (χ3n) is 3.51. The van der Waals surface area contributed by atoms with Crippen molar-refractivity contribution in [2.24, 2.45) is 10.9 Å². The Morgan fingerprint density at radius 2 is 1.89 bits per heavy atom. The van der Waals surface area contributed by atoms with Crippen molar-refractivity contribution in [3.8, 4) is 0 Å². The molecule has 0 saturated carbocycles. The molecule has 0 amide bonds. The Morgan fingerprint density at radius 1 is 1.26 bits per heavy atom. The van der Waals surface area contributed by atoms with Gasteiger partial charge in [-0.3, -0.25) is 4.99 Å². The zero-order valence-electron chi connectivity index (χ0n) is 12.4. The fraction of sp³-hybridized carbons (Fsp3) is 0.923. The summed E-state index contributed by atoms with van der Waals surface area (Å²) in [5.41, 5.74) is 0. The molecule has 2 N–H and O–H groups in total. The van der Waals surface area contributed by atoms with Crippen LogP contribution in [0.4, 0.5) is 0 Å². The zero-order valence-corrected chi connectivity index (χ0v) is 15.6. The highest BCUT2D eigenvalue weighted by Gasteiger charge is 2.15. The zero-order chi connectivity index (χ0) is 13.2. The number of hydrogen-bond acceptors (Lipinski definition) is 3. The van der Waals surface area contributed by atoms with Gasteiger partial charge in [0.2, 0.25) is 0 Å². The van der Waals surface area contributed by atoms with Gasteiger partial charge < -0.3 is 15.5 Å². The molecule has 0 aromatic rings. The van der Waals surface area contributed by atoms with Crippen LogP contribution in [0.25, 0.3) is 0 Å². The van der Waals surface area contributed by atoms with Crippen LogP contribution in [0.1, 0.15) is 19.3 Å². The van der Waals surface area contributed by atoms with Gasteiger partial charge in [-0.1, -0.05) is 0 Å². The minimum absolute atomic E-state index is 0.